The molecule has 6 aromatic carbocycles. The third-order valence-corrected chi connectivity index (χ3v) is 26.1. The molecule has 6 saturated heterocycles. The van der Waals surface area contributed by atoms with Gasteiger partial charge in [0, 0.05) is 168 Å². The van der Waals surface area contributed by atoms with Gasteiger partial charge in [-0.3, -0.25) is 43.2 Å². The summed E-state index contributed by atoms with van der Waals surface area (Å²) in [6.45, 7) is 15.3. The summed E-state index contributed by atoms with van der Waals surface area (Å²) in [6, 6.07) is 29.4. The molecule has 0 unspecified atom stereocenters. The largest absolute Gasteiger partial charge is 0.484 e. The van der Waals surface area contributed by atoms with E-state index in [1.165, 1.54) is 112 Å². The molecule has 6 aromatic rings. The van der Waals surface area contributed by atoms with E-state index in [0.717, 1.165) is 144 Å². The van der Waals surface area contributed by atoms with Gasteiger partial charge in [-0.1, -0.05) is 65.2 Å². The molecular formula is C98H138F3N15O12+6. The molecule has 30 heteroatoms. The highest BCUT2D eigenvalue weighted by molar-refractivity contribution is 6.02. The van der Waals surface area contributed by atoms with E-state index in [1.54, 1.807) is 43.2 Å². The highest BCUT2D eigenvalue weighted by atomic mass is 19.1. The Kier molecular flexibility index (Phi) is 35.2. The Balaban J connectivity index is 0.000000174. The maximum Gasteiger partial charge on any atom is 0.285 e. The number of anilines is 3. The zero-order chi connectivity index (χ0) is 89.5. The molecule has 0 radical (unpaired) electrons. The average molecular weight is 1780 g/mol. The Morgan fingerprint density at radius 1 is 0.359 bits per heavy atom. The van der Waals surface area contributed by atoms with Crippen molar-refractivity contribution in [1.29, 1.82) is 0 Å². The van der Waals surface area contributed by atoms with Crippen LogP contribution in [0.2, 0.25) is 0 Å². The van der Waals surface area contributed by atoms with E-state index < -0.39 is 23.0 Å². The summed E-state index contributed by atoms with van der Waals surface area (Å²) in [5.41, 5.74) is 17.1. The molecule has 3 saturated carbocycles. The summed E-state index contributed by atoms with van der Waals surface area (Å²) >= 11 is 0. The minimum absolute atomic E-state index is 0. The van der Waals surface area contributed by atoms with Crippen molar-refractivity contribution in [3.8, 4) is 17.2 Å². The van der Waals surface area contributed by atoms with Gasteiger partial charge >= 0.3 is 0 Å². The summed E-state index contributed by atoms with van der Waals surface area (Å²) in [5.74, 6) is 0.258. The maximum absolute atomic E-state index is 14.4. The van der Waals surface area contributed by atoms with Crippen LogP contribution in [-0.2, 0) is 14.4 Å². The molecule has 0 bridgehead atoms. The predicted molar refractivity (Wildman–Crippen MR) is 482 cm³/mol. The maximum atomic E-state index is 14.4. The zero-order valence-electron chi connectivity index (χ0n) is 74.3. The van der Waals surface area contributed by atoms with Crippen LogP contribution in [0.4, 0.5) is 30.2 Å². The fraction of sp³-hybridized carbons (Fsp3) is 0.541. The Labute approximate surface area is 750 Å². The molecule has 0 aromatic heterocycles. The van der Waals surface area contributed by atoms with Crippen LogP contribution >= 0.6 is 0 Å². The number of halogens is 3. The number of rotatable bonds is 26. The van der Waals surface area contributed by atoms with Crippen molar-refractivity contribution in [2.75, 3.05) is 147 Å². The summed E-state index contributed by atoms with van der Waals surface area (Å²) < 4.78 is 62.4. The fourth-order valence-electron chi connectivity index (χ4n) is 18.9. The molecule has 15 rings (SSSR count). The molecule has 0 spiro atoms. The van der Waals surface area contributed by atoms with Gasteiger partial charge in [-0.15, -0.1) is 0 Å². The van der Waals surface area contributed by atoms with Crippen molar-refractivity contribution in [3.63, 3.8) is 0 Å². The van der Waals surface area contributed by atoms with Crippen LogP contribution in [0.25, 0.3) is 0 Å². The highest BCUT2D eigenvalue weighted by Crippen LogP contribution is 2.43. The van der Waals surface area contributed by atoms with Crippen LogP contribution in [0.3, 0.4) is 0 Å². The van der Waals surface area contributed by atoms with E-state index in [-0.39, 0.29) is 119 Å². The number of piperazine rings is 3. The quantitative estimate of drug-likeness (QED) is 0.0239. The molecule has 6 heterocycles. The van der Waals surface area contributed by atoms with Crippen LogP contribution in [0.1, 0.15) is 266 Å². The lowest BCUT2D eigenvalue weighted by Crippen LogP contribution is -2.81. The molecule has 6 aliphatic heterocycles. The number of nitrogens with two attached hydrogens (primary N) is 3. The molecule has 9 aliphatic rings. The van der Waals surface area contributed by atoms with Crippen LogP contribution < -0.4 is 63.3 Å². The van der Waals surface area contributed by atoms with Crippen molar-refractivity contribution in [1.82, 2.24) is 29.4 Å². The standard InChI is InChI=1S/C33H44FN5O4.2C32H42FN5O4.CH4/c34-26-18-25(19-27(21-26)37-31(40)8-4-5-12-35)33(42)39-16-14-38(15-17-39)32(41)24-9-10-30(43-28-11-13-36-22-28)29(20-24)23-6-2-1-3-7-23;1-32(2,34)31(41)36-25-17-23(16-24(33)19-25)30(40)38-14-12-37(13-15-38)29(39)22-8-9-28(42-26-10-11-35-20-26)27(18-22)21-6-4-3-5-7-21;33-25-17-24(18-26(20-25)36-30(39)7-4-11-34)32(41)38-15-13-37(14-16-38)31(40)23-8-9-29(42-27-10-12-35-21-27)28(19-23)22-5-2-1-3-6-22;/h9-10,18-21,23,28,36H,1-8,11-17,22,35H2,(H,37,40);8-9,16-19,21,26,35H,3-7,10-15,20,34H2,1-2H3,(H,36,41);8-9,17-20,22,27,35H,1-7,10-16,21,34H2,(H,36,39);1H4/p+6/t28-;26-;27-;/m000./s1. The van der Waals surface area contributed by atoms with Crippen molar-refractivity contribution >= 4 is 70.2 Å². The van der Waals surface area contributed by atoms with Gasteiger partial charge in [-0.2, -0.15) is 0 Å². The molecule has 3 aliphatic carbocycles. The van der Waals surface area contributed by atoms with Gasteiger partial charge in [0.25, 0.3) is 41.4 Å². The van der Waals surface area contributed by atoms with Crippen LogP contribution in [0.15, 0.2) is 109 Å². The predicted octanol–water partition coefficient (Wildman–Crippen LogP) is 7.46. The number of carbonyl (C=O) groups excluding carboxylic acids is 9. The highest BCUT2D eigenvalue weighted by Gasteiger charge is 2.36. The van der Waals surface area contributed by atoms with Crippen molar-refractivity contribution in [3.05, 3.63) is 177 Å². The number of ether oxygens (including phenoxy) is 3. The van der Waals surface area contributed by atoms with E-state index in [1.807, 2.05) is 54.6 Å². The number of amides is 9. The molecule has 9 amide bonds. The molecule has 692 valence electrons. The smallest absolute Gasteiger partial charge is 0.285 e. The van der Waals surface area contributed by atoms with E-state index >= 15 is 0 Å². The molecule has 3 atom stereocenters. The Morgan fingerprint density at radius 2 is 0.633 bits per heavy atom. The Hall–Kier alpha value is -10.5. The Bertz CT molecular complexity index is 4800. The van der Waals surface area contributed by atoms with Crippen LogP contribution in [0, 0.1) is 17.5 Å². The number of unbranched alkanes of at least 4 members (excludes halogenated alkanes) is 1. The zero-order valence-corrected chi connectivity index (χ0v) is 74.3. The first-order valence-electron chi connectivity index (χ1n) is 46.8. The lowest BCUT2D eigenvalue weighted by molar-refractivity contribution is -0.638. The lowest BCUT2D eigenvalue weighted by atomic mass is 9.83. The fourth-order valence-corrected chi connectivity index (χ4v) is 18.9. The summed E-state index contributed by atoms with van der Waals surface area (Å²) in [5, 5.41) is 14.9. The van der Waals surface area contributed by atoms with Gasteiger partial charge in [0.05, 0.1) is 32.7 Å². The van der Waals surface area contributed by atoms with E-state index in [0.29, 0.717) is 139 Å². The van der Waals surface area contributed by atoms with Gasteiger partial charge in [0.1, 0.15) is 54.3 Å². The normalized spacial score (nSPS) is 19.5. The monoisotopic (exact) mass is 1770 g/mol. The number of nitrogens with one attached hydrogen (secondary N) is 3. The van der Waals surface area contributed by atoms with Crippen LogP contribution in [-0.4, -0.2) is 237 Å². The van der Waals surface area contributed by atoms with Gasteiger partial charge in [-0.25, -0.2) is 13.2 Å². The minimum Gasteiger partial charge on any atom is -0.484 e. The number of carbonyl (C=O) groups is 9. The topological polar surface area (TPSA) is 370 Å². The molecule has 18 N–H and O–H groups in total. The minimum atomic E-state index is -0.904. The van der Waals surface area contributed by atoms with Crippen molar-refractivity contribution < 1.29 is 104 Å². The van der Waals surface area contributed by atoms with Crippen molar-refractivity contribution in [2.45, 2.75) is 211 Å². The third-order valence-electron chi connectivity index (χ3n) is 26.1. The second kappa shape index (κ2) is 46.7. The second-order valence-corrected chi connectivity index (χ2v) is 36.4. The number of quaternary nitrogens is 6. The van der Waals surface area contributed by atoms with Crippen LogP contribution in [0.5, 0.6) is 17.2 Å². The van der Waals surface area contributed by atoms with Gasteiger partial charge in [0.15, 0.2) is 23.9 Å². The number of hydrogen-bond donors (Lipinski definition) is 9. The molecule has 128 heavy (non-hydrogen) atoms. The third kappa shape index (κ3) is 26.6. The number of hydrogen-bond acceptors (Lipinski definition) is 12. The first-order valence-corrected chi connectivity index (χ1v) is 46.8. The average Bonchev–Trinajstić information content (AvgIpc) is 1.12. The summed E-state index contributed by atoms with van der Waals surface area (Å²) in [4.78, 5) is 127. The summed E-state index contributed by atoms with van der Waals surface area (Å²) in [7, 11) is 0. The van der Waals surface area contributed by atoms with E-state index in [9.17, 15) is 56.3 Å². The molecule has 27 nitrogen and oxygen atoms in total. The SMILES string of the molecule is C.CC(C)([NH3+])C(=O)Nc1cc(F)cc(C(=O)N2CCN(C(=O)c3ccc(O[C@H]4CC[NH2+]C4)c(C4CCCCC4)c3)CC2)c1.[NH3+]CCCC(=O)Nc1cc(F)cc(C(=O)N2CCN(C(=O)c3ccc(O[C@H]4CC[NH2+]C4)c(C4CCCCC4)c3)CC2)c1.[NH3+]CCCCC(=O)Nc1cc(F)cc(C(=O)N2CCN(C(=O)c3ccc(O[C@H]4CC[NH2+]C4)c(C4CCCCC4)c3)CC2)c1. The molecular weight excluding hydrogens is 1640 g/mol. The van der Waals surface area contributed by atoms with E-state index in [4.69, 9.17) is 14.2 Å². The second-order valence-electron chi connectivity index (χ2n) is 36.4. The molecule has 9 fully saturated rings. The van der Waals surface area contributed by atoms with E-state index in [2.05, 4.69) is 49.1 Å². The van der Waals surface area contributed by atoms with Crippen molar-refractivity contribution in [2.24, 2.45) is 0 Å². The summed E-state index contributed by atoms with van der Waals surface area (Å²) in [6.07, 6.45) is 24.2. The van der Waals surface area contributed by atoms with Gasteiger partial charge < -0.3 is 92.7 Å². The number of nitrogens with zero attached hydrogens (tertiary/aromatic N) is 6. The Morgan fingerprint density at radius 3 is 0.898 bits per heavy atom. The first-order chi connectivity index (χ1) is 61.4. The van der Waals surface area contributed by atoms with Gasteiger partial charge in [-0.05, 0) is 209 Å². The first kappa shape index (κ1) is 96.6. The lowest BCUT2D eigenvalue weighted by Gasteiger charge is -2.35. The van der Waals surface area contributed by atoms with Gasteiger partial charge in [0.2, 0.25) is 11.8 Å². The number of benzene rings is 6.